The van der Waals surface area contributed by atoms with Crippen LogP contribution in [0.2, 0.25) is 0 Å². The molecule has 0 aromatic carbocycles. The maximum absolute atomic E-state index is 5.80. The van der Waals surface area contributed by atoms with Gasteiger partial charge in [0.1, 0.15) is 0 Å². The summed E-state index contributed by atoms with van der Waals surface area (Å²) in [6.07, 6.45) is 0. The normalized spacial score (nSPS) is 24.5. The highest BCUT2D eigenvalue weighted by molar-refractivity contribution is 7.07. The molecule has 0 amide bonds. The third-order valence-electron chi connectivity index (χ3n) is 2.93. The van der Waals surface area contributed by atoms with Gasteiger partial charge in [0, 0.05) is 44.1 Å². The monoisotopic (exact) mass is 226 g/mol. The molecule has 1 unspecified atom stereocenters. The summed E-state index contributed by atoms with van der Waals surface area (Å²) in [5.74, 6) is 0. The van der Waals surface area contributed by atoms with Crippen LogP contribution >= 0.6 is 11.3 Å². The van der Waals surface area contributed by atoms with Gasteiger partial charge in [-0.2, -0.15) is 0 Å². The standard InChI is InChI=1S/C10H18N4S/c1-13-2-3-14(10(4-11)6-13)5-9-7-15-8-12-9/h7-8,10H,2-6,11H2,1H3. The zero-order valence-corrected chi connectivity index (χ0v) is 9.91. The lowest BCUT2D eigenvalue weighted by atomic mass is 10.1. The molecule has 5 heteroatoms. The topological polar surface area (TPSA) is 45.4 Å². The Hall–Kier alpha value is -0.490. The number of hydrogen-bond acceptors (Lipinski definition) is 5. The molecule has 0 spiro atoms. The first-order valence-corrected chi connectivity index (χ1v) is 6.23. The second kappa shape index (κ2) is 5.03. The highest BCUT2D eigenvalue weighted by atomic mass is 32.1. The smallest absolute Gasteiger partial charge is 0.0795 e. The molecule has 1 saturated heterocycles. The SMILES string of the molecule is CN1CCN(Cc2cscn2)C(CN)C1. The van der Waals surface area contributed by atoms with Crippen LogP contribution in [-0.2, 0) is 6.54 Å². The molecule has 15 heavy (non-hydrogen) atoms. The summed E-state index contributed by atoms with van der Waals surface area (Å²) in [5.41, 5.74) is 8.86. The van der Waals surface area contributed by atoms with Crippen LogP contribution in [0.4, 0.5) is 0 Å². The average molecular weight is 226 g/mol. The molecular weight excluding hydrogens is 208 g/mol. The largest absolute Gasteiger partial charge is 0.329 e. The minimum Gasteiger partial charge on any atom is -0.329 e. The molecule has 1 atom stereocenters. The Morgan fingerprint density at radius 2 is 2.47 bits per heavy atom. The molecule has 1 aromatic rings. The minimum atomic E-state index is 0.477. The van der Waals surface area contributed by atoms with E-state index in [4.69, 9.17) is 5.73 Å². The molecule has 1 aliphatic heterocycles. The predicted octanol–water partition coefficient (Wildman–Crippen LogP) is 0.218. The molecule has 1 aromatic heterocycles. The van der Waals surface area contributed by atoms with Crippen LogP contribution in [0.25, 0.3) is 0 Å². The quantitative estimate of drug-likeness (QED) is 0.801. The summed E-state index contributed by atoms with van der Waals surface area (Å²) in [6, 6.07) is 0.477. The van der Waals surface area contributed by atoms with Gasteiger partial charge in [0.15, 0.2) is 0 Å². The van der Waals surface area contributed by atoms with Crippen LogP contribution in [0.15, 0.2) is 10.9 Å². The third-order valence-corrected chi connectivity index (χ3v) is 3.56. The number of rotatable bonds is 3. The van der Waals surface area contributed by atoms with E-state index in [0.717, 1.165) is 32.7 Å². The Labute approximate surface area is 94.7 Å². The number of likely N-dealkylation sites (N-methyl/N-ethyl adjacent to an activating group) is 1. The van der Waals surface area contributed by atoms with E-state index >= 15 is 0 Å². The second-order valence-corrected chi connectivity index (χ2v) is 4.82. The molecule has 0 saturated carbocycles. The first-order chi connectivity index (χ1) is 7.29. The molecule has 2 N–H and O–H groups in total. The average Bonchev–Trinajstić information content (AvgIpc) is 2.73. The van der Waals surface area contributed by atoms with Gasteiger partial charge in [-0.25, -0.2) is 4.98 Å². The summed E-state index contributed by atoms with van der Waals surface area (Å²) >= 11 is 1.66. The van der Waals surface area contributed by atoms with Gasteiger partial charge in [-0.1, -0.05) is 0 Å². The predicted molar refractivity (Wildman–Crippen MR) is 62.9 cm³/mol. The van der Waals surface area contributed by atoms with Crippen molar-refractivity contribution >= 4 is 11.3 Å². The van der Waals surface area contributed by atoms with Crippen molar-refractivity contribution in [2.45, 2.75) is 12.6 Å². The molecule has 1 fully saturated rings. The van der Waals surface area contributed by atoms with Gasteiger partial charge in [0.05, 0.1) is 11.2 Å². The van der Waals surface area contributed by atoms with Crippen molar-refractivity contribution in [3.8, 4) is 0 Å². The Morgan fingerprint density at radius 3 is 3.13 bits per heavy atom. The second-order valence-electron chi connectivity index (χ2n) is 4.10. The van der Waals surface area contributed by atoms with E-state index < -0.39 is 0 Å². The summed E-state index contributed by atoms with van der Waals surface area (Å²) in [7, 11) is 2.16. The van der Waals surface area contributed by atoms with Gasteiger partial charge < -0.3 is 10.6 Å². The molecule has 1 aliphatic rings. The van der Waals surface area contributed by atoms with E-state index in [0.29, 0.717) is 6.04 Å². The molecule has 0 radical (unpaired) electrons. The fraction of sp³-hybridized carbons (Fsp3) is 0.700. The molecule has 2 rings (SSSR count). The van der Waals surface area contributed by atoms with Gasteiger partial charge in [0.25, 0.3) is 0 Å². The van der Waals surface area contributed by atoms with E-state index in [1.54, 1.807) is 11.3 Å². The van der Waals surface area contributed by atoms with Crippen molar-refractivity contribution in [1.29, 1.82) is 0 Å². The van der Waals surface area contributed by atoms with Crippen LogP contribution in [-0.4, -0.2) is 54.1 Å². The molecule has 0 aliphatic carbocycles. The molecule has 4 nitrogen and oxygen atoms in total. The summed E-state index contributed by atoms with van der Waals surface area (Å²) in [6.45, 7) is 4.96. The van der Waals surface area contributed by atoms with Crippen LogP contribution in [0.3, 0.4) is 0 Å². The number of piperazine rings is 1. The Kier molecular flexibility index (Phi) is 3.69. The van der Waals surface area contributed by atoms with Crippen molar-refractivity contribution < 1.29 is 0 Å². The van der Waals surface area contributed by atoms with Gasteiger partial charge >= 0.3 is 0 Å². The molecule has 84 valence electrons. The van der Waals surface area contributed by atoms with Gasteiger partial charge in [-0.15, -0.1) is 11.3 Å². The maximum Gasteiger partial charge on any atom is 0.0795 e. The van der Waals surface area contributed by atoms with Crippen LogP contribution in [0.5, 0.6) is 0 Å². The third kappa shape index (κ3) is 2.75. The van der Waals surface area contributed by atoms with Crippen molar-refractivity contribution in [3.05, 3.63) is 16.6 Å². The molecule has 2 heterocycles. The van der Waals surface area contributed by atoms with Crippen LogP contribution in [0.1, 0.15) is 5.69 Å². The van der Waals surface area contributed by atoms with Crippen molar-refractivity contribution in [2.24, 2.45) is 5.73 Å². The maximum atomic E-state index is 5.80. The molecular formula is C10H18N4S. The number of nitrogens with two attached hydrogens (primary N) is 1. The lowest BCUT2D eigenvalue weighted by molar-refractivity contribution is 0.0871. The lowest BCUT2D eigenvalue weighted by Crippen LogP contribution is -2.54. The van der Waals surface area contributed by atoms with Crippen molar-refractivity contribution in [2.75, 3.05) is 33.2 Å². The highest BCUT2D eigenvalue weighted by Crippen LogP contribution is 2.12. The fourth-order valence-corrected chi connectivity index (χ4v) is 2.55. The molecule has 0 bridgehead atoms. The lowest BCUT2D eigenvalue weighted by Gasteiger charge is -2.39. The number of thiazole rings is 1. The van der Waals surface area contributed by atoms with Crippen molar-refractivity contribution in [3.63, 3.8) is 0 Å². The van der Waals surface area contributed by atoms with E-state index in [1.807, 2.05) is 5.51 Å². The summed E-state index contributed by atoms with van der Waals surface area (Å²) < 4.78 is 0. The highest BCUT2D eigenvalue weighted by Gasteiger charge is 2.24. The van der Waals surface area contributed by atoms with E-state index in [1.165, 1.54) is 5.69 Å². The fourth-order valence-electron chi connectivity index (χ4n) is 2.00. The van der Waals surface area contributed by atoms with Gasteiger partial charge in [0.2, 0.25) is 0 Å². The number of hydrogen-bond donors (Lipinski definition) is 1. The first kappa shape index (κ1) is 11.0. The Bertz CT molecular complexity index is 288. The van der Waals surface area contributed by atoms with E-state index in [-0.39, 0.29) is 0 Å². The van der Waals surface area contributed by atoms with E-state index in [9.17, 15) is 0 Å². The zero-order chi connectivity index (χ0) is 10.7. The van der Waals surface area contributed by atoms with Gasteiger partial charge in [-0.3, -0.25) is 4.90 Å². The van der Waals surface area contributed by atoms with Crippen molar-refractivity contribution in [1.82, 2.24) is 14.8 Å². The number of nitrogens with zero attached hydrogens (tertiary/aromatic N) is 3. The summed E-state index contributed by atoms with van der Waals surface area (Å²) in [4.78, 5) is 9.10. The minimum absolute atomic E-state index is 0.477. The van der Waals surface area contributed by atoms with Crippen LogP contribution in [0, 0.1) is 0 Å². The van der Waals surface area contributed by atoms with Gasteiger partial charge in [-0.05, 0) is 7.05 Å². The number of aromatic nitrogens is 1. The summed E-state index contributed by atoms with van der Waals surface area (Å²) in [5, 5.41) is 2.12. The zero-order valence-electron chi connectivity index (χ0n) is 9.09. The van der Waals surface area contributed by atoms with Crippen LogP contribution < -0.4 is 5.73 Å². The Balaban J connectivity index is 1.95. The Morgan fingerprint density at radius 1 is 1.60 bits per heavy atom. The van der Waals surface area contributed by atoms with E-state index in [2.05, 4.69) is 27.2 Å². The first-order valence-electron chi connectivity index (χ1n) is 5.29.